The molecule has 1 saturated carbocycles. The number of rotatable bonds is 4. The lowest BCUT2D eigenvalue weighted by atomic mass is 10.0. The van der Waals surface area contributed by atoms with Crippen molar-refractivity contribution < 1.29 is 4.79 Å². The van der Waals surface area contributed by atoms with Gasteiger partial charge in [0.15, 0.2) is 5.65 Å². The van der Waals surface area contributed by atoms with Gasteiger partial charge in [-0.1, -0.05) is 12.8 Å². The third-order valence-electron chi connectivity index (χ3n) is 5.48. The molecule has 0 unspecified atom stereocenters. The van der Waals surface area contributed by atoms with E-state index < -0.39 is 0 Å². The normalized spacial score (nSPS) is 19.8. The summed E-state index contributed by atoms with van der Waals surface area (Å²) in [4.78, 5) is 33.3. The molecule has 3 heterocycles. The Morgan fingerprint density at radius 3 is 2.72 bits per heavy atom. The van der Waals surface area contributed by atoms with Gasteiger partial charge in [-0.25, -0.2) is 9.50 Å². The summed E-state index contributed by atoms with van der Waals surface area (Å²) in [6, 6.07) is 3.38. The molecule has 0 atom stereocenters. The van der Waals surface area contributed by atoms with E-state index in [1.54, 1.807) is 18.3 Å². The Morgan fingerprint density at radius 2 is 1.96 bits per heavy atom. The van der Waals surface area contributed by atoms with Crippen molar-refractivity contribution in [2.75, 3.05) is 26.2 Å². The van der Waals surface area contributed by atoms with Crippen LogP contribution in [0.3, 0.4) is 0 Å². The van der Waals surface area contributed by atoms with Crippen LogP contribution in [0.4, 0.5) is 0 Å². The zero-order valence-corrected chi connectivity index (χ0v) is 14.5. The highest BCUT2D eigenvalue weighted by Crippen LogP contribution is 2.28. The number of H-pyrrole nitrogens is 1. The average Bonchev–Trinajstić information content (AvgIpc) is 3.27. The predicted octanol–water partition coefficient (Wildman–Crippen LogP) is 1.25. The van der Waals surface area contributed by atoms with Crippen LogP contribution in [0, 0.1) is 5.92 Å². The number of carbonyl (C=O) groups excluding carboxylic acids is 1. The summed E-state index contributed by atoms with van der Waals surface area (Å²) in [6.07, 6.45) is 7.43. The minimum atomic E-state index is -0.0876. The fourth-order valence-corrected chi connectivity index (χ4v) is 4.03. The summed E-state index contributed by atoms with van der Waals surface area (Å²) in [7, 11) is 0. The molecule has 7 heteroatoms. The fraction of sp³-hybridized carbons (Fsp3) is 0.611. The molecule has 25 heavy (non-hydrogen) atoms. The molecule has 134 valence electrons. The van der Waals surface area contributed by atoms with Crippen molar-refractivity contribution in [2.24, 2.45) is 5.92 Å². The summed E-state index contributed by atoms with van der Waals surface area (Å²) < 4.78 is 1.43. The molecule has 0 radical (unpaired) electrons. The minimum absolute atomic E-state index is 0.0876. The summed E-state index contributed by atoms with van der Waals surface area (Å²) in [5.41, 5.74) is 1.35. The number of hydrogen-bond donors (Lipinski definition) is 1. The molecule has 1 N–H and O–H groups in total. The number of nitrogens with zero attached hydrogens (tertiary/aromatic N) is 4. The molecule has 2 aliphatic rings. The van der Waals surface area contributed by atoms with Crippen LogP contribution in [-0.2, 0) is 11.3 Å². The number of aromatic amines is 1. The molecule has 4 rings (SSSR count). The second-order valence-corrected chi connectivity index (χ2v) is 7.25. The second-order valence-electron chi connectivity index (χ2n) is 7.25. The fourth-order valence-electron chi connectivity index (χ4n) is 4.03. The van der Waals surface area contributed by atoms with Crippen molar-refractivity contribution in [3.63, 3.8) is 0 Å². The van der Waals surface area contributed by atoms with Crippen LogP contribution in [0.1, 0.15) is 37.8 Å². The molecule has 2 aromatic heterocycles. The smallest absolute Gasteiger partial charge is 0.272 e. The van der Waals surface area contributed by atoms with Gasteiger partial charge in [-0.05, 0) is 18.8 Å². The first-order chi connectivity index (χ1) is 12.2. The number of aromatic nitrogens is 3. The van der Waals surface area contributed by atoms with Gasteiger partial charge in [-0.3, -0.25) is 19.6 Å². The van der Waals surface area contributed by atoms with Gasteiger partial charge in [0, 0.05) is 57.5 Å². The zero-order valence-electron chi connectivity index (χ0n) is 14.5. The highest BCUT2D eigenvalue weighted by atomic mass is 16.2. The van der Waals surface area contributed by atoms with Crippen molar-refractivity contribution >= 4 is 11.6 Å². The highest BCUT2D eigenvalue weighted by molar-refractivity contribution is 5.76. The molecule has 1 aliphatic carbocycles. The first-order valence-electron chi connectivity index (χ1n) is 9.25. The first-order valence-corrected chi connectivity index (χ1v) is 9.25. The van der Waals surface area contributed by atoms with Crippen molar-refractivity contribution in [2.45, 2.75) is 38.6 Å². The molecule has 1 amide bonds. The van der Waals surface area contributed by atoms with E-state index in [0.29, 0.717) is 24.0 Å². The lowest BCUT2D eigenvalue weighted by Crippen LogP contribution is -2.48. The minimum Gasteiger partial charge on any atom is -0.340 e. The third kappa shape index (κ3) is 3.61. The Bertz CT molecular complexity index is 797. The maximum Gasteiger partial charge on any atom is 0.272 e. The van der Waals surface area contributed by atoms with Gasteiger partial charge in [0.05, 0.1) is 5.69 Å². The maximum atomic E-state index is 12.4. The summed E-state index contributed by atoms with van der Waals surface area (Å²) >= 11 is 0. The molecular weight excluding hydrogens is 318 g/mol. The third-order valence-corrected chi connectivity index (χ3v) is 5.48. The van der Waals surface area contributed by atoms with Crippen LogP contribution >= 0.6 is 0 Å². The lowest BCUT2D eigenvalue weighted by molar-refractivity contribution is -0.134. The van der Waals surface area contributed by atoms with E-state index in [0.717, 1.165) is 38.3 Å². The van der Waals surface area contributed by atoms with E-state index in [4.69, 9.17) is 0 Å². The molecule has 0 bridgehead atoms. The molecule has 7 nitrogen and oxygen atoms in total. The van der Waals surface area contributed by atoms with Crippen molar-refractivity contribution in [1.29, 1.82) is 0 Å². The van der Waals surface area contributed by atoms with Crippen LogP contribution in [-0.4, -0.2) is 56.5 Å². The Morgan fingerprint density at radius 1 is 1.20 bits per heavy atom. The molecule has 1 saturated heterocycles. The monoisotopic (exact) mass is 343 g/mol. The lowest BCUT2D eigenvalue weighted by Gasteiger charge is -2.35. The van der Waals surface area contributed by atoms with E-state index in [-0.39, 0.29) is 5.56 Å². The Kier molecular flexibility index (Phi) is 4.57. The van der Waals surface area contributed by atoms with E-state index in [9.17, 15) is 9.59 Å². The zero-order chi connectivity index (χ0) is 17.2. The number of nitrogens with one attached hydrogen (secondary N) is 1. The van der Waals surface area contributed by atoms with E-state index >= 15 is 0 Å². The van der Waals surface area contributed by atoms with E-state index in [1.165, 1.54) is 30.2 Å². The number of amides is 1. The number of carbonyl (C=O) groups is 1. The number of piperazine rings is 1. The van der Waals surface area contributed by atoms with Crippen LogP contribution in [0.15, 0.2) is 23.1 Å². The first kappa shape index (κ1) is 16.3. The molecular formula is C18H25N5O2. The van der Waals surface area contributed by atoms with Gasteiger partial charge < -0.3 is 4.90 Å². The van der Waals surface area contributed by atoms with Crippen molar-refractivity contribution in [3.05, 3.63) is 34.4 Å². The van der Waals surface area contributed by atoms with Gasteiger partial charge in [0.2, 0.25) is 5.91 Å². The van der Waals surface area contributed by atoms with E-state index in [1.807, 2.05) is 4.90 Å². The van der Waals surface area contributed by atoms with Gasteiger partial charge >= 0.3 is 0 Å². The Hall–Kier alpha value is -2.15. The summed E-state index contributed by atoms with van der Waals surface area (Å²) in [5, 5.41) is 2.85. The van der Waals surface area contributed by atoms with Gasteiger partial charge in [-0.15, -0.1) is 0 Å². The summed E-state index contributed by atoms with van der Waals surface area (Å²) in [6.45, 7) is 3.88. The van der Waals surface area contributed by atoms with Gasteiger partial charge in [-0.2, -0.15) is 0 Å². The highest BCUT2D eigenvalue weighted by Gasteiger charge is 2.25. The topological polar surface area (TPSA) is 73.7 Å². The second kappa shape index (κ2) is 7.00. The Labute approximate surface area is 146 Å². The standard InChI is InChI=1S/C18H25N5O2/c24-17(11-14-3-1-2-4-14)22-9-7-21(8-10-22)13-15-12-18(25)23-16(20-15)5-6-19-23/h5-6,12,14,19H,1-4,7-11,13H2. The molecule has 2 aromatic rings. The van der Waals surface area contributed by atoms with Crippen LogP contribution in [0.25, 0.3) is 5.65 Å². The molecule has 2 fully saturated rings. The maximum absolute atomic E-state index is 12.4. The quantitative estimate of drug-likeness (QED) is 0.907. The van der Waals surface area contributed by atoms with Crippen LogP contribution in [0.2, 0.25) is 0 Å². The van der Waals surface area contributed by atoms with Crippen molar-refractivity contribution in [1.82, 2.24) is 24.4 Å². The largest absolute Gasteiger partial charge is 0.340 e. The summed E-state index contributed by atoms with van der Waals surface area (Å²) in [5.74, 6) is 0.924. The van der Waals surface area contributed by atoms with Crippen LogP contribution < -0.4 is 5.56 Å². The molecule has 1 aliphatic heterocycles. The number of fused-ring (bicyclic) bond motifs is 1. The predicted molar refractivity (Wildman–Crippen MR) is 94.2 cm³/mol. The van der Waals surface area contributed by atoms with Gasteiger partial charge in [0.25, 0.3) is 5.56 Å². The average molecular weight is 343 g/mol. The van der Waals surface area contributed by atoms with Gasteiger partial charge in [0.1, 0.15) is 0 Å². The van der Waals surface area contributed by atoms with Crippen LogP contribution in [0.5, 0.6) is 0 Å². The number of hydrogen-bond acceptors (Lipinski definition) is 4. The molecule has 0 spiro atoms. The van der Waals surface area contributed by atoms with Crippen molar-refractivity contribution in [3.8, 4) is 0 Å². The molecule has 0 aromatic carbocycles. The SMILES string of the molecule is O=C(CC1CCCC1)N1CCN(Cc2cc(=O)n3[nH]ccc3n2)CC1. The van der Waals surface area contributed by atoms with E-state index in [2.05, 4.69) is 15.0 Å². The Balaban J connectivity index is 1.32.